The lowest BCUT2D eigenvalue weighted by Gasteiger charge is -2.17. The van der Waals surface area contributed by atoms with Gasteiger partial charge in [0.1, 0.15) is 0 Å². The monoisotopic (exact) mass is 359 g/mol. The Bertz CT molecular complexity index is 568. The van der Waals surface area contributed by atoms with Crippen molar-refractivity contribution in [1.82, 2.24) is 4.90 Å². The Morgan fingerprint density at radius 1 is 1.17 bits per heavy atom. The lowest BCUT2D eigenvalue weighted by molar-refractivity contribution is 0.199. The van der Waals surface area contributed by atoms with Gasteiger partial charge in [-0.3, -0.25) is 4.21 Å². The van der Waals surface area contributed by atoms with E-state index in [1.165, 1.54) is 12.3 Å². The summed E-state index contributed by atoms with van der Waals surface area (Å²) in [5.74, 6) is 0. The Labute approximate surface area is 141 Å². The molecule has 0 aliphatic carbocycles. The molecule has 0 aliphatic rings. The average Bonchev–Trinajstić information content (AvgIpc) is 2.54. The Kier molecular flexibility index (Phi) is 9.46. The van der Waals surface area contributed by atoms with Crippen molar-refractivity contribution in [1.29, 1.82) is 0 Å². The first-order chi connectivity index (χ1) is 11.1. The van der Waals surface area contributed by atoms with Gasteiger partial charge in [-0.1, -0.05) is 18.2 Å². The molecule has 0 spiro atoms. The molecule has 128 valence electrons. The maximum atomic E-state index is 12.1. The molecule has 0 fully saturated rings. The third-order valence-corrected chi connectivity index (χ3v) is 4.56. The summed E-state index contributed by atoms with van der Waals surface area (Å²) in [7, 11) is -1.44. The number of hydrogen-bond donors (Lipinski definition) is 2. The van der Waals surface area contributed by atoms with E-state index in [0.717, 1.165) is 0 Å². The van der Waals surface area contributed by atoms with E-state index in [4.69, 9.17) is 14.4 Å². The van der Waals surface area contributed by atoms with E-state index in [1.54, 1.807) is 47.5 Å². The smallest absolute Gasteiger partial charge is 0.241 e. The second-order valence-corrected chi connectivity index (χ2v) is 6.81. The van der Waals surface area contributed by atoms with Crippen molar-refractivity contribution < 1.29 is 22.8 Å². The molecule has 1 aromatic carbocycles. The number of benzene rings is 1. The predicted molar refractivity (Wildman–Crippen MR) is 91.0 cm³/mol. The number of allylic oxidation sites excluding steroid dienone is 2. The summed E-state index contributed by atoms with van der Waals surface area (Å²) in [6, 6.07) is 8.60. The van der Waals surface area contributed by atoms with Crippen LogP contribution in [0.4, 0.5) is 0 Å². The second kappa shape index (κ2) is 11.1. The first-order valence-electron chi connectivity index (χ1n) is 6.91. The number of nitrogens with zero attached hydrogens (tertiary/aromatic N) is 1. The number of hydrogen-bond acceptors (Lipinski definition) is 6. The van der Waals surface area contributed by atoms with Gasteiger partial charge in [-0.2, -0.15) is 0 Å². The number of aliphatic hydroxyl groups is 2. The van der Waals surface area contributed by atoms with Crippen molar-refractivity contribution in [2.24, 2.45) is 0 Å². The van der Waals surface area contributed by atoms with Gasteiger partial charge in [0, 0.05) is 19.3 Å². The predicted octanol–water partition coefficient (Wildman–Crippen LogP) is 0.746. The lowest BCUT2D eigenvalue weighted by Crippen LogP contribution is -2.24. The molecule has 0 aromatic heterocycles. The molecule has 1 rings (SSSR count). The standard InChI is InChI=1S/C15H21NO5S2/c1-22(19)15(8-5-9-16(10-12-17)11-13-18)21-23(20)14-6-3-2-4-7-14/h2-9,17-18H,10-13H2,1H3/b9-5+,15-8+. The molecule has 0 bridgehead atoms. The van der Waals surface area contributed by atoms with Gasteiger partial charge in [-0.15, -0.1) is 0 Å². The Morgan fingerprint density at radius 2 is 1.78 bits per heavy atom. The molecular weight excluding hydrogens is 338 g/mol. The molecule has 2 unspecified atom stereocenters. The van der Waals surface area contributed by atoms with Gasteiger partial charge >= 0.3 is 0 Å². The molecule has 2 N–H and O–H groups in total. The van der Waals surface area contributed by atoms with E-state index in [-0.39, 0.29) is 18.3 Å². The summed E-state index contributed by atoms with van der Waals surface area (Å²) < 4.78 is 29.0. The van der Waals surface area contributed by atoms with Crippen LogP contribution >= 0.6 is 0 Å². The van der Waals surface area contributed by atoms with Gasteiger partial charge < -0.3 is 19.3 Å². The summed E-state index contributed by atoms with van der Waals surface area (Å²) in [6.07, 6.45) is 6.10. The molecule has 8 heteroatoms. The van der Waals surface area contributed by atoms with Crippen molar-refractivity contribution in [2.45, 2.75) is 4.90 Å². The van der Waals surface area contributed by atoms with Gasteiger partial charge in [0.15, 0.2) is 0 Å². The highest BCUT2D eigenvalue weighted by atomic mass is 32.2. The molecule has 1 aromatic rings. The highest BCUT2D eigenvalue weighted by Gasteiger charge is 2.10. The summed E-state index contributed by atoms with van der Waals surface area (Å²) in [5.41, 5.74) is 0. The van der Waals surface area contributed by atoms with Crippen LogP contribution < -0.4 is 0 Å². The first-order valence-corrected chi connectivity index (χ1v) is 9.54. The molecule has 0 saturated heterocycles. The zero-order valence-corrected chi connectivity index (χ0v) is 14.5. The molecule has 0 heterocycles. The Balaban J connectivity index is 2.77. The zero-order chi connectivity index (χ0) is 17.1. The topological polar surface area (TPSA) is 87.1 Å². The van der Waals surface area contributed by atoms with Gasteiger partial charge in [0.2, 0.25) is 16.2 Å². The normalized spacial score (nSPS) is 14.7. The van der Waals surface area contributed by atoms with Crippen molar-refractivity contribution in [2.75, 3.05) is 32.6 Å². The molecule has 6 nitrogen and oxygen atoms in total. The van der Waals surface area contributed by atoms with Crippen LogP contribution in [0.15, 0.2) is 58.7 Å². The van der Waals surface area contributed by atoms with Crippen LogP contribution in [-0.4, -0.2) is 56.1 Å². The molecule has 0 radical (unpaired) electrons. The van der Waals surface area contributed by atoms with Crippen LogP contribution in [-0.2, 0) is 26.1 Å². The van der Waals surface area contributed by atoms with Crippen LogP contribution in [0.5, 0.6) is 0 Å². The summed E-state index contributed by atoms with van der Waals surface area (Å²) in [6.45, 7) is 0.642. The highest BCUT2D eigenvalue weighted by Crippen LogP contribution is 2.13. The van der Waals surface area contributed by atoms with E-state index >= 15 is 0 Å². The van der Waals surface area contributed by atoms with Crippen molar-refractivity contribution >= 4 is 21.9 Å². The molecule has 0 saturated carbocycles. The number of aliphatic hydroxyl groups excluding tert-OH is 2. The third kappa shape index (κ3) is 7.56. The van der Waals surface area contributed by atoms with E-state index in [9.17, 15) is 8.42 Å². The lowest BCUT2D eigenvalue weighted by atomic mass is 10.4. The minimum absolute atomic E-state index is 0.0465. The largest absolute Gasteiger partial charge is 0.395 e. The van der Waals surface area contributed by atoms with Crippen LogP contribution in [0.3, 0.4) is 0 Å². The van der Waals surface area contributed by atoms with E-state index in [0.29, 0.717) is 18.0 Å². The fraction of sp³-hybridized carbons (Fsp3) is 0.333. The van der Waals surface area contributed by atoms with Gasteiger partial charge in [-0.25, -0.2) is 4.21 Å². The Morgan fingerprint density at radius 3 is 2.30 bits per heavy atom. The van der Waals surface area contributed by atoms with Crippen LogP contribution in [0.1, 0.15) is 0 Å². The molecule has 23 heavy (non-hydrogen) atoms. The maximum Gasteiger partial charge on any atom is 0.241 e. The van der Waals surface area contributed by atoms with Crippen molar-refractivity contribution in [3.8, 4) is 0 Å². The quantitative estimate of drug-likeness (QED) is 0.473. The SMILES string of the molecule is CS(=O)/C(=C/C=C/N(CCO)CCO)OS(=O)c1ccccc1. The van der Waals surface area contributed by atoms with Gasteiger partial charge in [-0.05, 0) is 30.5 Å². The molecule has 0 amide bonds. The summed E-state index contributed by atoms with van der Waals surface area (Å²) in [5, 5.41) is 17.9. The summed E-state index contributed by atoms with van der Waals surface area (Å²) >= 11 is -1.74. The van der Waals surface area contributed by atoms with Crippen molar-refractivity contribution in [3.05, 3.63) is 53.8 Å². The molecule has 2 atom stereocenters. The fourth-order valence-electron chi connectivity index (χ4n) is 1.59. The highest BCUT2D eigenvalue weighted by molar-refractivity contribution is 7.89. The van der Waals surface area contributed by atoms with Gasteiger partial charge in [0.25, 0.3) is 0 Å². The minimum atomic E-state index is -1.74. The number of rotatable bonds is 10. The fourth-order valence-corrected chi connectivity index (χ4v) is 3.11. The maximum absolute atomic E-state index is 12.1. The third-order valence-electron chi connectivity index (χ3n) is 2.68. The minimum Gasteiger partial charge on any atom is -0.395 e. The summed E-state index contributed by atoms with van der Waals surface area (Å²) in [4.78, 5) is 2.18. The van der Waals surface area contributed by atoms with E-state index in [2.05, 4.69) is 0 Å². The van der Waals surface area contributed by atoms with Crippen molar-refractivity contribution in [3.63, 3.8) is 0 Å². The Hall–Kier alpha value is -1.48. The molecular formula is C15H21NO5S2. The van der Waals surface area contributed by atoms with E-state index < -0.39 is 21.9 Å². The van der Waals surface area contributed by atoms with Gasteiger partial charge in [0.05, 0.1) is 28.9 Å². The van der Waals surface area contributed by atoms with E-state index in [1.807, 2.05) is 0 Å². The van der Waals surface area contributed by atoms with Crippen LogP contribution in [0.25, 0.3) is 0 Å². The van der Waals surface area contributed by atoms with Crippen LogP contribution in [0, 0.1) is 0 Å². The zero-order valence-electron chi connectivity index (χ0n) is 12.8. The second-order valence-electron chi connectivity index (χ2n) is 4.40. The average molecular weight is 359 g/mol. The molecule has 0 aliphatic heterocycles. The van der Waals surface area contributed by atoms with Crippen LogP contribution in [0.2, 0.25) is 0 Å². The first kappa shape index (κ1) is 19.6.